The van der Waals surface area contributed by atoms with Crippen LogP contribution in [0.25, 0.3) is 0 Å². The topological polar surface area (TPSA) is 84.7 Å². The molecule has 21 heavy (non-hydrogen) atoms. The summed E-state index contributed by atoms with van der Waals surface area (Å²) in [5.41, 5.74) is 0.680. The number of hydrogen-bond acceptors (Lipinski definition) is 5. The molecule has 1 saturated heterocycles. The Morgan fingerprint density at radius 1 is 1.43 bits per heavy atom. The summed E-state index contributed by atoms with van der Waals surface area (Å²) in [5, 5.41) is 13.8. The third-order valence-electron chi connectivity index (χ3n) is 3.53. The molecule has 0 atom stereocenters. The summed E-state index contributed by atoms with van der Waals surface area (Å²) in [6, 6.07) is 4.43. The number of methoxy groups -OCH3 is 1. The molecule has 0 aliphatic carbocycles. The van der Waals surface area contributed by atoms with Crippen LogP contribution in [-0.2, 0) is 11.3 Å². The molecule has 7 nitrogen and oxygen atoms in total. The van der Waals surface area contributed by atoms with Gasteiger partial charge in [0.1, 0.15) is 5.75 Å². The maximum absolute atomic E-state index is 11.9. The van der Waals surface area contributed by atoms with Gasteiger partial charge in [-0.1, -0.05) is 0 Å². The molecule has 1 heterocycles. The number of likely N-dealkylation sites (tertiary alicyclic amines) is 1. The Hall–Kier alpha value is -2.15. The molecular formula is C14H19N3O4. The van der Waals surface area contributed by atoms with E-state index in [0.29, 0.717) is 17.9 Å². The van der Waals surface area contributed by atoms with Crippen LogP contribution in [0.3, 0.4) is 0 Å². The van der Waals surface area contributed by atoms with Crippen LogP contribution in [0.1, 0.15) is 18.4 Å². The van der Waals surface area contributed by atoms with Crippen molar-refractivity contribution in [2.24, 2.45) is 0 Å². The molecule has 0 bridgehead atoms. The fourth-order valence-electron chi connectivity index (χ4n) is 2.40. The number of benzene rings is 1. The van der Waals surface area contributed by atoms with Gasteiger partial charge in [0.25, 0.3) is 5.69 Å². The van der Waals surface area contributed by atoms with Crippen LogP contribution >= 0.6 is 0 Å². The summed E-state index contributed by atoms with van der Waals surface area (Å²) in [4.78, 5) is 24.1. The zero-order valence-corrected chi connectivity index (χ0v) is 12.0. The molecule has 1 aliphatic rings. The van der Waals surface area contributed by atoms with Crippen LogP contribution in [0.15, 0.2) is 18.2 Å². The lowest BCUT2D eigenvalue weighted by Crippen LogP contribution is -2.36. The Balaban J connectivity index is 1.93. The standard InChI is InChI=1S/C14H19N3O4/c1-21-13-5-4-12(17(19)20)8-11(13)9-15-10-14(18)16-6-2-3-7-16/h4-5,8,15H,2-3,6-7,9-10H2,1H3. The lowest BCUT2D eigenvalue weighted by atomic mass is 10.1. The molecule has 0 spiro atoms. The van der Waals surface area contributed by atoms with Crippen molar-refractivity contribution in [2.45, 2.75) is 19.4 Å². The number of carbonyl (C=O) groups excluding carboxylic acids is 1. The van der Waals surface area contributed by atoms with Crippen molar-refractivity contribution >= 4 is 11.6 Å². The lowest BCUT2D eigenvalue weighted by molar-refractivity contribution is -0.384. The highest BCUT2D eigenvalue weighted by Crippen LogP contribution is 2.23. The van der Waals surface area contributed by atoms with E-state index in [1.54, 1.807) is 6.07 Å². The second-order valence-corrected chi connectivity index (χ2v) is 4.94. The van der Waals surface area contributed by atoms with Gasteiger partial charge in [0.05, 0.1) is 18.6 Å². The van der Waals surface area contributed by atoms with Gasteiger partial charge in [-0.2, -0.15) is 0 Å². The van der Waals surface area contributed by atoms with E-state index in [-0.39, 0.29) is 18.1 Å². The van der Waals surface area contributed by atoms with Crippen LogP contribution in [0.5, 0.6) is 5.75 Å². The number of ether oxygens (including phenoxy) is 1. The molecule has 1 aliphatic heterocycles. The second-order valence-electron chi connectivity index (χ2n) is 4.94. The van der Waals surface area contributed by atoms with Crippen LogP contribution in [0, 0.1) is 10.1 Å². The van der Waals surface area contributed by atoms with Gasteiger partial charge in [-0.05, 0) is 18.9 Å². The summed E-state index contributed by atoms with van der Waals surface area (Å²) < 4.78 is 5.18. The van der Waals surface area contributed by atoms with E-state index in [1.807, 2.05) is 4.90 Å². The Morgan fingerprint density at radius 3 is 2.76 bits per heavy atom. The van der Waals surface area contributed by atoms with Gasteiger partial charge < -0.3 is 15.0 Å². The fraction of sp³-hybridized carbons (Fsp3) is 0.500. The number of carbonyl (C=O) groups is 1. The number of nitro groups is 1. The fourth-order valence-corrected chi connectivity index (χ4v) is 2.40. The number of nitro benzene ring substituents is 1. The van der Waals surface area contributed by atoms with Crippen molar-refractivity contribution < 1.29 is 14.5 Å². The third kappa shape index (κ3) is 3.91. The Labute approximate surface area is 123 Å². The van der Waals surface area contributed by atoms with Gasteiger partial charge in [0, 0.05) is 37.3 Å². The van der Waals surface area contributed by atoms with Crippen molar-refractivity contribution in [2.75, 3.05) is 26.7 Å². The van der Waals surface area contributed by atoms with Crippen molar-refractivity contribution in [1.82, 2.24) is 10.2 Å². The van der Waals surface area contributed by atoms with Gasteiger partial charge in [-0.25, -0.2) is 0 Å². The van der Waals surface area contributed by atoms with Crippen LogP contribution in [0.2, 0.25) is 0 Å². The first kappa shape index (κ1) is 15.2. The zero-order chi connectivity index (χ0) is 15.2. The first-order valence-electron chi connectivity index (χ1n) is 6.91. The van der Waals surface area contributed by atoms with E-state index in [1.165, 1.54) is 19.2 Å². The number of nitrogens with one attached hydrogen (secondary N) is 1. The van der Waals surface area contributed by atoms with Crippen molar-refractivity contribution in [1.29, 1.82) is 0 Å². The maximum Gasteiger partial charge on any atom is 0.270 e. The minimum atomic E-state index is -0.446. The van der Waals surface area contributed by atoms with Crippen molar-refractivity contribution in [3.05, 3.63) is 33.9 Å². The Morgan fingerprint density at radius 2 is 2.14 bits per heavy atom. The number of amides is 1. The summed E-state index contributed by atoms with van der Waals surface area (Å²) in [5.74, 6) is 0.638. The molecular weight excluding hydrogens is 274 g/mol. The maximum atomic E-state index is 11.9. The summed E-state index contributed by atoms with van der Waals surface area (Å²) >= 11 is 0. The summed E-state index contributed by atoms with van der Waals surface area (Å²) in [6.45, 7) is 2.22. The zero-order valence-electron chi connectivity index (χ0n) is 12.0. The predicted molar refractivity (Wildman–Crippen MR) is 77.2 cm³/mol. The van der Waals surface area contributed by atoms with Crippen LogP contribution in [0.4, 0.5) is 5.69 Å². The smallest absolute Gasteiger partial charge is 0.270 e. The first-order chi connectivity index (χ1) is 10.1. The lowest BCUT2D eigenvalue weighted by Gasteiger charge is -2.16. The van der Waals surface area contributed by atoms with E-state index < -0.39 is 4.92 Å². The minimum absolute atomic E-state index is 0.0125. The number of rotatable bonds is 6. The summed E-state index contributed by atoms with van der Waals surface area (Å²) in [6.07, 6.45) is 2.12. The number of hydrogen-bond donors (Lipinski definition) is 1. The molecule has 114 valence electrons. The van der Waals surface area contributed by atoms with E-state index in [4.69, 9.17) is 4.74 Å². The van der Waals surface area contributed by atoms with Gasteiger partial charge in [-0.3, -0.25) is 14.9 Å². The molecule has 2 rings (SSSR count). The van der Waals surface area contributed by atoms with E-state index >= 15 is 0 Å². The number of non-ortho nitro benzene ring substituents is 1. The van der Waals surface area contributed by atoms with E-state index in [0.717, 1.165) is 25.9 Å². The molecule has 0 saturated carbocycles. The molecule has 0 aromatic heterocycles. The second kappa shape index (κ2) is 7.03. The first-order valence-corrected chi connectivity index (χ1v) is 6.91. The summed E-state index contributed by atoms with van der Waals surface area (Å²) in [7, 11) is 1.51. The molecule has 1 fully saturated rings. The van der Waals surface area contributed by atoms with Crippen molar-refractivity contribution in [3.8, 4) is 5.75 Å². The van der Waals surface area contributed by atoms with Gasteiger partial charge in [0.15, 0.2) is 0 Å². The normalized spacial score (nSPS) is 14.2. The number of nitrogens with zero attached hydrogens (tertiary/aromatic N) is 2. The molecule has 1 aromatic carbocycles. The molecule has 1 N–H and O–H groups in total. The molecule has 1 amide bonds. The van der Waals surface area contributed by atoms with Gasteiger partial charge in [-0.15, -0.1) is 0 Å². The van der Waals surface area contributed by atoms with E-state index in [2.05, 4.69) is 5.32 Å². The average Bonchev–Trinajstić information content (AvgIpc) is 3.01. The van der Waals surface area contributed by atoms with Crippen LogP contribution in [-0.4, -0.2) is 42.5 Å². The Bertz CT molecular complexity index is 527. The molecule has 1 aromatic rings. The quantitative estimate of drug-likeness (QED) is 0.631. The van der Waals surface area contributed by atoms with Gasteiger partial charge >= 0.3 is 0 Å². The predicted octanol–water partition coefficient (Wildman–Crippen LogP) is 1.32. The van der Waals surface area contributed by atoms with Crippen molar-refractivity contribution in [3.63, 3.8) is 0 Å². The third-order valence-corrected chi connectivity index (χ3v) is 3.53. The highest BCUT2D eigenvalue weighted by molar-refractivity contribution is 5.78. The Kier molecular flexibility index (Phi) is 5.10. The van der Waals surface area contributed by atoms with Gasteiger partial charge in [0.2, 0.25) is 5.91 Å². The highest BCUT2D eigenvalue weighted by Gasteiger charge is 2.17. The van der Waals surface area contributed by atoms with E-state index in [9.17, 15) is 14.9 Å². The average molecular weight is 293 g/mol. The monoisotopic (exact) mass is 293 g/mol. The highest BCUT2D eigenvalue weighted by atomic mass is 16.6. The molecule has 7 heteroatoms. The molecule has 0 unspecified atom stereocenters. The largest absolute Gasteiger partial charge is 0.496 e. The minimum Gasteiger partial charge on any atom is -0.496 e. The molecule has 0 radical (unpaired) electrons. The van der Waals surface area contributed by atoms with Crippen LogP contribution < -0.4 is 10.1 Å². The SMILES string of the molecule is COc1ccc([N+](=O)[O-])cc1CNCC(=O)N1CCCC1.